The maximum atomic E-state index is 13.4. The summed E-state index contributed by atoms with van der Waals surface area (Å²) < 4.78 is 13.4. The van der Waals surface area contributed by atoms with E-state index in [-0.39, 0.29) is 5.82 Å². The Kier molecular flexibility index (Phi) is 4.57. The van der Waals surface area contributed by atoms with Crippen molar-refractivity contribution in [2.45, 2.75) is 6.92 Å². The second kappa shape index (κ2) is 6.20. The number of hydrogen-bond donors (Lipinski definition) is 1. The van der Waals surface area contributed by atoms with Gasteiger partial charge in [0.05, 0.1) is 10.7 Å². The van der Waals surface area contributed by atoms with Crippen molar-refractivity contribution in [3.05, 3.63) is 58.9 Å². The third-order valence-electron chi connectivity index (χ3n) is 2.96. The molecule has 0 heterocycles. The van der Waals surface area contributed by atoms with E-state index in [2.05, 4.69) is 0 Å². The Morgan fingerprint density at radius 1 is 1.30 bits per heavy atom. The molecule has 0 saturated heterocycles. The first-order valence-corrected chi connectivity index (χ1v) is 6.94. The van der Waals surface area contributed by atoms with E-state index in [0.717, 1.165) is 11.4 Å². The molecule has 0 radical (unpaired) electrons. The fourth-order valence-corrected chi connectivity index (χ4v) is 2.42. The highest BCUT2D eigenvalue weighted by molar-refractivity contribution is 7.80. The fourth-order valence-electron chi connectivity index (χ4n) is 2.02. The second-order valence-corrected chi connectivity index (χ2v) is 5.10. The van der Waals surface area contributed by atoms with Gasteiger partial charge in [-0.3, -0.25) is 0 Å². The van der Waals surface area contributed by atoms with E-state index in [1.54, 1.807) is 12.1 Å². The maximum absolute atomic E-state index is 13.4. The minimum absolute atomic E-state index is 0.281. The molecule has 0 bridgehead atoms. The van der Waals surface area contributed by atoms with Crippen LogP contribution in [0.4, 0.5) is 15.8 Å². The van der Waals surface area contributed by atoms with Gasteiger partial charge in [0.15, 0.2) is 0 Å². The van der Waals surface area contributed by atoms with Gasteiger partial charge >= 0.3 is 0 Å². The molecule has 0 aromatic heterocycles. The van der Waals surface area contributed by atoms with Gasteiger partial charge in [-0.05, 0) is 43.3 Å². The van der Waals surface area contributed by atoms with Crippen LogP contribution in [-0.4, -0.2) is 11.5 Å². The molecule has 0 atom stereocenters. The molecule has 0 unspecified atom stereocenters. The van der Waals surface area contributed by atoms with Gasteiger partial charge in [-0.25, -0.2) is 4.39 Å². The SMILES string of the molecule is CCN(c1cccc(F)c1)c1ccc(C(N)=S)cc1Cl. The average molecular weight is 309 g/mol. The Morgan fingerprint density at radius 3 is 2.60 bits per heavy atom. The normalized spacial score (nSPS) is 10.3. The van der Waals surface area contributed by atoms with Gasteiger partial charge < -0.3 is 10.6 Å². The third kappa shape index (κ3) is 3.08. The van der Waals surface area contributed by atoms with E-state index in [1.165, 1.54) is 12.1 Å². The Hall–Kier alpha value is -1.65. The Bertz CT molecular complexity index is 646. The molecular weight excluding hydrogens is 295 g/mol. The summed E-state index contributed by atoms with van der Waals surface area (Å²) in [7, 11) is 0. The largest absolute Gasteiger partial charge is 0.389 e. The summed E-state index contributed by atoms with van der Waals surface area (Å²) in [5.74, 6) is -0.281. The van der Waals surface area contributed by atoms with Gasteiger partial charge in [-0.15, -0.1) is 0 Å². The number of thiocarbonyl (C=S) groups is 1. The third-order valence-corrected chi connectivity index (χ3v) is 3.50. The van der Waals surface area contributed by atoms with Crippen molar-refractivity contribution in [2.24, 2.45) is 5.73 Å². The van der Waals surface area contributed by atoms with Crippen molar-refractivity contribution in [3.8, 4) is 0 Å². The van der Waals surface area contributed by atoms with E-state index < -0.39 is 0 Å². The average Bonchev–Trinajstić information content (AvgIpc) is 2.41. The lowest BCUT2D eigenvalue weighted by Gasteiger charge is -2.24. The standard InChI is InChI=1S/C15H14ClFN2S/c1-2-19(12-5-3-4-11(17)9-12)14-7-6-10(15(18)20)8-13(14)16/h3-9H,2H2,1H3,(H2,18,20). The zero-order chi connectivity index (χ0) is 14.7. The Morgan fingerprint density at radius 2 is 2.05 bits per heavy atom. The summed E-state index contributed by atoms with van der Waals surface area (Å²) in [4.78, 5) is 2.22. The van der Waals surface area contributed by atoms with Crippen LogP contribution in [0.2, 0.25) is 5.02 Å². The molecule has 2 aromatic rings. The van der Waals surface area contributed by atoms with Crippen LogP contribution < -0.4 is 10.6 Å². The van der Waals surface area contributed by atoms with Crippen molar-refractivity contribution >= 4 is 40.2 Å². The monoisotopic (exact) mass is 308 g/mol. The minimum atomic E-state index is -0.281. The van der Waals surface area contributed by atoms with Crippen LogP contribution in [0.15, 0.2) is 42.5 Å². The summed E-state index contributed by atoms with van der Waals surface area (Å²) in [6, 6.07) is 11.8. The molecule has 0 amide bonds. The summed E-state index contributed by atoms with van der Waals surface area (Å²) in [5, 5.41) is 0.529. The number of nitrogens with zero attached hydrogens (tertiary/aromatic N) is 1. The van der Waals surface area contributed by atoms with E-state index in [9.17, 15) is 4.39 Å². The zero-order valence-electron chi connectivity index (χ0n) is 10.9. The first-order valence-electron chi connectivity index (χ1n) is 6.15. The van der Waals surface area contributed by atoms with Crippen LogP contribution in [-0.2, 0) is 0 Å². The number of halogens is 2. The number of nitrogens with two attached hydrogens (primary N) is 1. The molecule has 0 aliphatic carbocycles. The molecule has 2 N–H and O–H groups in total. The summed E-state index contributed by atoms with van der Waals surface area (Å²) in [5.41, 5.74) is 7.83. The van der Waals surface area contributed by atoms with Crippen LogP contribution in [0.3, 0.4) is 0 Å². The predicted octanol–water partition coefficient (Wildman–Crippen LogP) is 4.27. The molecule has 5 heteroatoms. The molecular formula is C15H14ClFN2S. The summed E-state index contributed by atoms with van der Waals surface area (Å²) in [6.07, 6.45) is 0. The van der Waals surface area contributed by atoms with Crippen molar-refractivity contribution in [2.75, 3.05) is 11.4 Å². The lowest BCUT2D eigenvalue weighted by molar-refractivity contribution is 0.627. The summed E-state index contributed by atoms with van der Waals surface area (Å²) in [6.45, 7) is 2.64. The molecule has 20 heavy (non-hydrogen) atoms. The smallest absolute Gasteiger partial charge is 0.125 e. The maximum Gasteiger partial charge on any atom is 0.125 e. The van der Waals surface area contributed by atoms with Gasteiger partial charge in [0.1, 0.15) is 10.8 Å². The van der Waals surface area contributed by atoms with E-state index >= 15 is 0 Å². The molecule has 0 aliphatic heterocycles. The Labute approximate surface area is 128 Å². The lowest BCUT2D eigenvalue weighted by atomic mass is 10.1. The van der Waals surface area contributed by atoms with Gasteiger partial charge in [0.25, 0.3) is 0 Å². The molecule has 0 spiro atoms. The summed E-state index contributed by atoms with van der Waals surface area (Å²) >= 11 is 11.2. The number of anilines is 2. The molecule has 0 fully saturated rings. The van der Waals surface area contributed by atoms with Gasteiger partial charge in [0.2, 0.25) is 0 Å². The molecule has 2 aromatic carbocycles. The van der Waals surface area contributed by atoms with E-state index in [0.29, 0.717) is 22.1 Å². The van der Waals surface area contributed by atoms with Crippen molar-refractivity contribution in [1.29, 1.82) is 0 Å². The van der Waals surface area contributed by atoms with Gasteiger partial charge in [-0.1, -0.05) is 29.9 Å². The number of benzene rings is 2. The number of hydrogen-bond acceptors (Lipinski definition) is 2. The minimum Gasteiger partial charge on any atom is -0.389 e. The van der Waals surface area contributed by atoms with E-state index in [1.807, 2.05) is 30.0 Å². The second-order valence-electron chi connectivity index (χ2n) is 4.25. The molecule has 0 saturated carbocycles. The van der Waals surface area contributed by atoms with Gasteiger partial charge in [0, 0.05) is 17.8 Å². The first kappa shape index (κ1) is 14.8. The Balaban J connectivity index is 2.44. The highest BCUT2D eigenvalue weighted by atomic mass is 35.5. The van der Waals surface area contributed by atoms with Gasteiger partial charge in [-0.2, -0.15) is 0 Å². The first-order chi connectivity index (χ1) is 9.52. The topological polar surface area (TPSA) is 29.3 Å². The highest BCUT2D eigenvalue weighted by Crippen LogP contribution is 2.32. The number of rotatable bonds is 4. The zero-order valence-corrected chi connectivity index (χ0v) is 12.5. The van der Waals surface area contributed by atoms with Crippen LogP contribution in [0, 0.1) is 5.82 Å². The molecule has 0 aliphatic rings. The van der Waals surface area contributed by atoms with Crippen LogP contribution in [0.5, 0.6) is 0 Å². The highest BCUT2D eigenvalue weighted by Gasteiger charge is 2.12. The van der Waals surface area contributed by atoms with Crippen molar-refractivity contribution < 1.29 is 4.39 Å². The fraction of sp³-hybridized carbons (Fsp3) is 0.133. The molecule has 104 valence electrons. The molecule has 2 nitrogen and oxygen atoms in total. The predicted molar refractivity (Wildman–Crippen MR) is 86.4 cm³/mol. The van der Waals surface area contributed by atoms with Crippen LogP contribution in [0.1, 0.15) is 12.5 Å². The van der Waals surface area contributed by atoms with Crippen molar-refractivity contribution in [1.82, 2.24) is 0 Å². The quantitative estimate of drug-likeness (QED) is 0.855. The van der Waals surface area contributed by atoms with Crippen molar-refractivity contribution in [3.63, 3.8) is 0 Å². The lowest BCUT2D eigenvalue weighted by Crippen LogP contribution is -2.17. The van der Waals surface area contributed by atoms with Crippen LogP contribution in [0.25, 0.3) is 0 Å². The van der Waals surface area contributed by atoms with Crippen LogP contribution >= 0.6 is 23.8 Å². The van der Waals surface area contributed by atoms with E-state index in [4.69, 9.17) is 29.6 Å². The molecule has 2 rings (SSSR count).